The molecule has 1 rings (SSSR count). The second-order valence-corrected chi connectivity index (χ2v) is 4.85. The van der Waals surface area contributed by atoms with Crippen LogP contribution in [0.1, 0.15) is 13.3 Å². The number of carbonyl (C=O) groups is 3. The van der Waals surface area contributed by atoms with Gasteiger partial charge in [-0.1, -0.05) is 15.9 Å². The molecule has 0 aromatic heterocycles. The standard InChI is InChI=1S/C15H15BrO6/c1-2-20-13(17)7-8-14(18)21-10-9-15(19)22-12-5-3-11(16)4-6-12/h3-8H,2,9-10H2,1H3/b8-7-. The molecule has 0 amide bonds. The molecule has 0 fully saturated rings. The van der Waals surface area contributed by atoms with Crippen LogP contribution in [0.15, 0.2) is 40.9 Å². The number of hydrogen-bond acceptors (Lipinski definition) is 6. The summed E-state index contributed by atoms with van der Waals surface area (Å²) in [5.41, 5.74) is 0. The van der Waals surface area contributed by atoms with E-state index in [1.807, 2.05) is 0 Å². The van der Waals surface area contributed by atoms with Gasteiger partial charge >= 0.3 is 17.9 Å². The van der Waals surface area contributed by atoms with Crippen LogP contribution in [0, 0.1) is 0 Å². The summed E-state index contributed by atoms with van der Waals surface area (Å²) in [6.07, 6.45) is 1.82. The van der Waals surface area contributed by atoms with Crippen molar-refractivity contribution in [3.05, 3.63) is 40.9 Å². The first-order valence-electron chi connectivity index (χ1n) is 6.49. The van der Waals surface area contributed by atoms with Gasteiger partial charge in [0.25, 0.3) is 0 Å². The Morgan fingerprint density at radius 1 is 1.05 bits per heavy atom. The molecule has 0 unspecified atom stereocenters. The molecule has 0 saturated carbocycles. The maximum Gasteiger partial charge on any atom is 0.331 e. The summed E-state index contributed by atoms with van der Waals surface area (Å²) < 4.78 is 15.3. The van der Waals surface area contributed by atoms with Crippen molar-refractivity contribution in [3.63, 3.8) is 0 Å². The second kappa shape index (κ2) is 9.73. The van der Waals surface area contributed by atoms with Crippen LogP contribution in [0.4, 0.5) is 0 Å². The molecule has 7 heteroatoms. The molecule has 0 bridgehead atoms. The monoisotopic (exact) mass is 370 g/mol. The van der Waals surface area contributed by atoms with Gasteiger partial charge < -0.3 is 14.2 Å². The summed E-state index contributed by atoms with van der Waals surface area (Å²) in [7, 11) is 0. The third-order valence-corrected chi connectivity index (χ3v) is 2.77. The number of halogens is 1. The highest BCUT2D eigenvalue weighted by atomic mass is 79.9. The number of hydrogen-bond donors (Lipinski definition) is 0. The summed E-state index contributed by atoms with van der Waals surface area (Å²) in [5, 5.41) is 0. The van der Waals surface area contributed by atoms with Crippen molar-refractivity contribution in [1.29, 1.82) is 0 Å². The first-order valence-corrected chi connectivity index (χ1v) is 7.28. The average molecular weight is 371 g/mol. The lowest BCUT2D eigenvalue weighted by atomic mass is 10.3. The zero-order chi connectivity index (χ0) is 16.4. The third kappa shape index (κ3) is 7.58. The fourth-order valence-electron chi connectivity index (χ4n) is 1.29. The Hall–Kier alpha value is -2.15. The summed E-state index contributed by atoms with van der Waals surface area (Å²) >= 11 is 3.27. The number of rotatable bonds is 7. The molecule has 0 aliphatic rings. The molecule has 6 nitrogen and oxygen atoms in total. The molecule has 22 heavy (non-hydrogen) atoms. The minimum Gasteiger partial charge on any atom is -0.463 e. The van der Waals surface area contributed by atoms with Crippen LogP contribution in [0.3, 0.4) is 0 Å². The van der Waals surface area contributed by atoms with Crippen LogP contribution in [0.5, 0.6) is 5.75 Å². The highest BCUT2D eigenvalue weighted by Gasteiger charge is 2.07. The van der Waals surface area contributed by atoms with Gasteiger partial charge in [-0.05, 0) is 31.2 Å². The van der Waals surface area contributed by atoms with Crippen molar-refractivity contribution >= 4 is 33.8 Å². The predicted molar refractivity (Wildman–Crippen MR) is 81.1 cm³/mol. The number of carbonyl (C=O) groups excluding carboxylic acids is 3. The average Bonchev–Trinajstić information content (AvgIpc) is 2.48. The molecule has 1 aromatic carbocycles. The zero-order valence-corrected chi connectivity index (χ0v) is 13.5. The summed E-state index contributed by atoms with van der Waals surface area (Å²) in [4.78, 5) is 33.7. The Morgan fingerprint density at radius 3 is 2.23 bits per heavy atom. The van der Waals surface area contributed by atoms with E-state index in [-0.39, 0.29) is 19.6 Å². The van der Waals surface area contributed by atoms with Gasteiger partial charge in [0.2, 0.25) is 0 Å². The molecular formula is C15H15BrO6. The summed E-state index contributed by atoms with van der Waals surface area (Å²) in [6, 6.07) is 6.75. The summed E-state index contributed by atoms with van der Waals surface area (Å²) in [6.45, 7) is 1.74. The minimum atomic E-state index is -0.732. The van der Waals surface area contributed by atoms with Crippen molar-refractivity contribution in [2.45, 2.75) is 13.3 Å². The van der Waals surface area contributed by atoms with Crippen molar-refractivity contribution in [3.8, 4) is 5.75 Å². The van der Waals surface area contributed by atoms with Gasteiger partial charge in [-0.15, -0.1) is 0 Å². The Bertz CT molecular complexity index is 550. The van der Waals surface area contributed by atoms with E-state index in [1.165, 1.54) is 0 Å². The summed E-state index contributed by atoms with van der Waals surface area (Å²) in [5.74, 6) is -1.48. The van der Waals surface area contributed by atoms with E-state index in [0.717, 1.165) is 16.6 Å². The Balaban J connectivity index is 2.25. The molecular weight excluding hydrogens is 356 g/mol. The van der Waals surface area contributed by atoms with Gasteiger partial charge in [-0.3, -0.25) is 4.79 Å². The van der Waals surface area contributed by atoms with Gasteiger partial charge in [0, 0.05) is 16.6 Å². The lowest BCUT2D eigenvalue weighted by Gasteiger charge is -2.04. The Morgan fingerprint density at radius 2 is 1.64 bits per heavy atom. The SMILES string of the molecule is CCOC(=O)/C=C\C(=O)OCCC(=O)Oc1ccc(Br)cc1. The Kier molecular flexibility index (Phi) is 7.91. The van der Waals surface area contributed by atoms with Crippen molar-refractivity contribution < 1.29 is 28.6 Å². The number of ether oxygens (including phenoxy) is 3. The van der Waals surface area contributed by atoms with Gasteiger partial charge in [0.05, 0.1) is 13.0 Å². The van der Waals surface area contributed by atoms with Crippen molar-refractivity contribution in [2.75, 3.05) is 13.2 Å². The molecule has 0 spiro atoms. The predicted octanol–water partition coefficient (Wildman–Crippen LogP) is 2.41. The molecule has 0 saturated heterocycles. The highest BCUT2D eigenvalue weighted by Crippen LogP contribution is 2.16. The van der Waals surface area contributed by atoms with Gasteiger partial charge in [-0.25, -0.2) is 9.59 Å². The molecule has 0 N–H and O–H groups in total. The molecule has 118 valence electrons. The number of esters is 3. The van der Waals surface area contributed by atoms with E-state index in [9.17, 15) is 14.4 Å². The molecule has 1 aromatic rings. The fourth-order valence-corrected chi connectivity index (χ4v) is 1.56. The fraction of sp³-hybridized carbons (Fsp3) is 0.267. The highest BCUT2D eigenvalue weighted by molar-refractivity contribution is 9.10. The molecule has 0 aliphatic heterocycles. The molecule has 0 heterocycles. The van der Waals surface area contributed by atoms with Crippen LogP contribution >= 0.6 is 15.9 Å². The largest absolute Gasteiger partial charge is 0.463 e. The van der Waals surface area contributed by atoms with E-state index >= 15 is 0 Å². The Labute approximate surface area is 136 Å². The smallest absolute Gasteiger partial charge is 0.331 e. The molecule has 0 radical (unpaired) electrons. The van der Waals surface area contributed by atoms with Crippen LogP contribution in [0.25, 0.3) is 0 Å². The van der Waals surface area contributed by atoms with E-state index < -0.39 is 17.9 Å². The maximum atomic E-state index is 11.5. The molecule has 0 atom stereocenters. The normalized spacial score (nSPS) is 10.3. The van der Waals surface area contributed by atoms with Gasteiger partial charge in [0.1, 0.15) is 12.4 Å². The first-order chi connectivity index (χ1) is 10.5. The van der Waals surface area contributed by atoms with Crippen LogP contribution < -0.4 is 4.74 Å². The zero-order valence-electron chi connectivity index (χ0n) is 11.9. The van der Waals surface area contributed by atoms with Crippen LogP contribution in [-0.4, -0.2) is 31.1 Å². The van der Waals surface area contributed by atoms with Crippen LogP contribution in [0.2, 0.25) is 0 Å². The minimum absolute atomic E-state index is 0.0882. The second-order valence-electron chi connectivity index (χ2n) is 3.93. The van der Waals surface area contributed by atoms with Crippen LogP contribution in [-0.2, 0) is 23.9 Å². The first kappa shape index (κ1) is 17.9. The van der Waals surface area contributed by atoms with E-state index in [1.54, 1.807) is 31.2 Å². The lowest BCUT2D eigenvalue weighted by molar-refractivity contribution is -0.142. The van der Waals surface area contributed by atoms with E-state index in [0.29, 0.717) is 5.75 Å². The third-order valence-electron chi connectivity index (χ3n) is 2.24. The topological polar surface area (TPSA) is 78.9 Å². The van der Waals surface area contributed by atoms with E-state index in [2.05, 4.69) is 20.7 Å². The van der Waals surface area contributed by atoms with Gasteiger partial charge in [-0.2, -0.15) is 0 Å². The maximum absolute atomic E-state index is 11.5. The van der Waals surface area contributed by atoms with Crippen molar-refractivity contribution in [1.82, 2.24) is 0 Å². The van der Waals surface area contributed by atoms with Gasteiger partial charge in [0.15, 0.2) is 0 Å². The van der Waals surface area contributed by atoms with Crippen molar-refractivity contribution in [2.24, 2.45) is 0 Å². The number of benzene rings is 1. The molecule has 0 aliphatic carbocycles. The van der Waals surface area contributed by atoms with E-state index in [4.69, 9.17) is 9.47 Å². The quantitative estimate of drug-likeness (QED) is 0.416. The lowest BCUT2D eigenvalue weighted by Crippen LogP contribution is -2.13.